The van der Waals surface area contributed by atoms with E-state index in [1.54, 1.807) is 13.0 Å². The van der Waals surface area contributed by atoms with Crippen molar-refractivity contribution in [2.45, 2.75) is 26.2 Å². The number of benzene rings is 1. The molecule has 4 heteroatoms. The van der Waals surface area contributed by atoms with E-state index < -0.39 is 5.97 Å². The maximum absolute atomic E-state index is 12.8. The molecule has 0 fully saturated rings. The molecule has 0 aliphatic rings. The highest BCUT2D eigenvalue weighted by molar-refractivity contribution is 5.66. The monoisotopic (exact) mass is 226 g/mol. The van der Waals surface area contributed by atoms with Gasteiger partial charge in [0.2, 0.25) is 0 Å². The van der Waals surface area contributed by atoms with E-state index in [-0.39, 0.29) is 12.2 Å². The molecule has 0 bridgehead atoms. The smallest absolute Gasteiger partial charge is 0.303 e. The predicted octanol–water partition coefficient (Wildman–Crippen LogP) is 2.77. The van der Waals surface area contributed by atoms with Crippen molar-refractivity contribution in [2.24, 2.45) is 0 Å². The Balaban J connectivity index is 2.29. The summed E-state index contributed by atoms with van der Waals surface area (Å²) in [7, 11) is 0. The van der Waals surface area contributed by atoms with Gasteiger partial charge in [0.25, 0.3) is 0 Å². The first kappa shape index (κ1) is 12.5. The quantitative estimate of drug-likeness (QED) is 0.758. The Morgan fingerprint density at radius 1 is 1.44 bits per heavy atom. The summed E-state index contributed by atoms with van der Waals surface area (Å²) in [5.41, 5.74) is 0.748. The second-order valence-electron chi connectivity index (χ2n) is 3.61. The average Bonchev–Trinajstić information content (AvgIpc) is 2.20. The van der Waals surface area contributed by atoms with Crippen LogP contribution in [-0.2, 0) is 4.79 Å². The van der Waals surface area contributed by atoms with Crippen LogP contribution in [0.15, 0.2) is 18.2 Å². The number of halogens is 1. The fourth-order valence-electron chi connectivity index (χ4n) is 1.34. The average molecular weight is 226 g/mol. The topological polar surface area (TPSA) is 46.5 Å². The second-order valence-corrected chi connectivity index (χ2v) is 3.61. The zero-order chi connectivity index (χ0) is 12.0. The molecule has 0 unspecified atom stereocenters. The largest absolute Gasteiger partial charge is 0.493 e. The van der Waals surface area contributed by atoms with Gasteiger partial charge in [-0.25, -0.2) is 4.39 Å². The molecule has 0 aromatic heterocycles. The highest BCUT2D eigenvalue weighted by Crippen LogP contribution is 2.18. The van der Waals surface area contributed by atoms with Gasteiger partial charge in [0, 0.05) is 6.42 Å². The van der Waals surface area contributed by atoms with Gasteiger partial charge < -0.3 is 9.84 Å². The number of carbonyl (C=O) groups is 1. The lowest BCUT2D eigenvalue weighted by atomic mass is 10.2. The fourth-order valence-corrected chi connectivity index (χ4v) is 1.34. The van der Waals surface area contributed by atoms with Gasteiger partial charge in [0.15, 0.2) is 0 Å². The number of aliphatic carboxylic acids is 1. The van der Waals surface area contributed by atoms with E-state index in [9.17, 15) is 9.18 Å². The Bertz CT molecular complexity index is 363. The van der Waals surface area contributed by atoms with Crippen LogP contribution >= 0.6 is 0 Å². The van der Waals surface area contributed by atoms with Crippen LogP contribution in [0.3, 0.4) is 0 Å². The van der Waals surface area contributed by atoms with Crippen LogP contribution < -0.4 is 4.74 Å². The van der Waals surface area contributed by atoms with E-state index in [0.29, 0.717) is 25.2 Å². The van der Waals surface area contributed by atoms with Crippen LogP contribution in [0.1, 0.15) is 24.8 Å². The lowest BCUT2D eigenvalue weighted by Gasteiger charge is -2.08. The first-order valence-electron chi connectivity index (χ1n) is 5.20. The van der Waals surface area contributed by atoms with Crippen LogP contribution in [0.4, 0.5) is 4.39 Å². The molecule has 0 spiro atoms. The highest BCUT2D eigenvalue weighted by Gasteiger charge is 2.01. The third-order valence-corrected chi connectivity index (χ3v) is 2.18. The van der Waals surface area contributed by atoms with Crippen molar-refractivity contribution in [3.05, 3.63) is 29.6 Å². The third kappa shape index (κ3) is 4.29. The molecule has 1 rings (SSSR count). The molecule has 0 saturated heterocycles. The number of unbranched alkanes of at least 4 members (excludes halogenated alkanes) is 1. The molecule has 0 aliphatic heterocycles. The molecule has 0 amide bonds. The van der Waals surface area contributed by atoms with E-state index in [1.807, 2.05) is 0 Å². The van der Waals surface area contributed by atoms with E-state index in [1.165, 1.54) is 12.1 Å². The minimum absolute atomic E-state index is 0.158. The number of carboxylic acids is 1. The molecule has 0 heterocycles. The number of hydrogen-bond acceptors (Lipinski definition) is 2. The van der Waals surface area contributed by atoms with E-state index in [2.05, 4.69) is 0 Å². The number of rotatable bonds is 6. The van der Waals surface area contributed by atoms with Crippen LogP contribution in [0.2, 0.25) is 0 Å². The molecule has 1 N–H and O–H groups in total. The van der Waals surface area contributed by atoms with Gasteiger partial charge in [-0.3, -0.25) is 4.79 Å². The standard InChI is InChI=1S/C12H15FO3/c1-9-8-10(13)5-6-11(9)16-7-3-2-4-12(14)15/h5-6,8H,2-4,7H2,1H3,(H,14,15). The van der Waals surface area contributed by atoms with Crippen molar-refractivity contribution in [1.82, 2.24) is 0 Å². The normalized spacial score (nSPS) is 10.1. The number of aryl methyl sites for hydroxylation is 1. The molecule has 1 aromatic carbocycles. The highest BCUT2D eigenvalue weighted by atomic mass is 19.1. The van der Waals surface area contributed by atoms with Gasteiger partial charge in [0.1, 0.15) is 11.6 Å². The molecule has 0 radical (unpaired) electrons. The van der Waals surface area contributed by atoms with Gasteiger partial charge in [-0.15, -0.1) is 0 Å². The van der Waals surface area contributed by atoms with Crippen LogP contribution in [-0.4, -0.2) is 17.7 Å². The maximum atomic E-state index is 12.8. The summed E-state index contributed by atoms with van der Waals surface area (Å²) in [6.07, 6.45) is 1.43. The first-order valence-corrected chi connectivity index (χ1v) is 5.20. The Labute approximate surface area is 93.9 Å². The summed E-state index contributed by atoms with van der Waals surface area (Å²) in [5, 5.41) is 8.42. The Morgan fingerprint density at radius 2 is 2.19 bits per heavy atom. The van der Waals surface area contributed by atoms with Crippen molar-refractivity contribution in [1.29, 1.82) is 0 Å². The fraction of sp³-hybridized carbons (Fsp3) is 0.417. The second kappa shape index (κ2) is 6.10. The predicted molar refractivity (Wildman–Crippen MR) is 58.1 cm³/mol. The molecule has 0 aliphatic carbocycles. The molecule has 16 heavy (non-hydrogen) atoms. The number of carboxylic acid groups (broad SMARTS) is 1. The number of ether oxygens (including phenoxy) is 1. The first-order chi connectivity index (χ1) is 7.59. The van der Waals surface area contributed by atoms with Crippen LogP contribution in [0.5, 0.6) is 5.75 Å². The van der Waals surface area contributed by atoms with E-state index in [4.69, 9.17) is 9.84 Å². The maximum Gasteiger partial charge on any atom is 0.303 e. The molecule has 1 aromatic rings. The summed E-state index contributed by atoms with van der Waals surface area (Å²) >= 11 is 0. The molecule has 0 atom stereocenters. The summed E-state index contributed by atoms with van der Waals surface area (Å²) < 4.78 is 18.2. The van der Waals surface area contributed by atoms with Gasteiger partial charge in [-0.05, 0) is 43.5 Å². The molecule has 88 valence electrons. The van der Waals surface area contributed by atoms with Gasteiger partial charge >= 0.3 is 5.97 Å². The number of hydrogen-bond donors (Lipinski definition) is 1. The Hall–Kier alpha value is -1.58. The summed E-state index contributed by atoms with van der Waals surface area (Å²) in [5.74, 6) is -0.426. The third-order valence-electron chi connectivity index (χ3n) is 2.18. The summed E-state index contributed by atoms with van der Waals surface area (Å²) in [4.78, 5) is 10.2. The SMILES string of the molecule is Cc1cc(F)ccc1OCCCCC(=O)O. The lowest BCUT2D eigenvalue weighted by molar-refractivity contribution is -0.137. The van der Waals surface area contributed by atoms with Gasteiger partial charge in [-0.2, -0.15) is 0 Å². The van der Waals surface area contributed by atoms with Crippen molar-refractivity contribution < 1.29 is 19.0 Å². The van der Waals surface area contributed by atoms with Crippen molar-refractivity contribution in [3.8, 4) is 5.75 Å². The summed E-state index contributed by atoms with van der Waals surface area (Å²) in [6, 6.07) is 4.34. The summed E-state index contributed by atoms with van der Waals surface area (Å²) in [6.45, 7) is 2.23. The van der Waals surface area contributed by atoms with Crippen molar-refractivity contribution in [2.75, 3.05) is 6.61 Å². The Morgan fingerprint density at radius 3 is 2.81 bits per heavy atom. The Kier molecular flexibility index (Phi) is 4.76. The zero-order valence-electron chi connectivity index (χ0n) is 9.20. The molecule has 3 nitrogen and oxygen atoms in total. The van der Waals surface area contributed by atoms with Crippen molar-refractivity contribution >= 4 is 5.97 Å². The lowest BCUT2D eigenvalue weighted by Crippen LogP contribution is -2.01. The van der Waals surface area contributed by atoms with Crippen LogP contribution in [0, 0.1) is 12.7 Å². The molecule has 0 saturated carbocycles. The van der Waals surface area contributed by atoms with Crippen LogP contribution in [0.25, 0.3) is 0 Å². The minimum atomic E-state index is -0.794. The van der Waals surface area contributed by atoms with Crippen molar-refractivity contribution in [3.63, 3.8) is 0 Å². The van der Waals surface area contributed by atoms with Gasteiger partial charge in [-0.1, -0.05) is 0 Å². The van der Waals surface area contributed by atoms with E-state index in [0.717, 1.165) is 5.56 Å². The van der Waals surface area contributed by atoms with E-state index >= 15 is 0 Å². The minimum Gasteiger partial charge on any atom is -0.493 e. The van der Waals surface area contributed by atoms with Gasteiger partial charge in [0.05, 0.1) is 6.61 Å². The molecular formula is C12H15FO3. The molecular weight excluding hydrogens is 211 g/mol. The zero-order valence-corrected chi connectivity index (χ0v) is 9.20.